The molecule has 0 saturated carbocycles. The molecule has 0 spiro atoms. The van der Waals surface area contributed by atoms with Gasteiger partial charge in [0.05, 0.1) is 0 Å². The highest BCUT2D eigenvalue weighted by Gasteiger charge is 2.05. The first-order valence-electron chi connectivity index (χ1n) is 5.92. The molecule has 0 aromatic heterocycles. The molecular formula is C15H16ClNO. The first-order valence-corrected chi connectivity index (χ1v) is 6.30. The van der Waals surface area contributed by atoms with Gasteiger partial charge in [-0.1, -0.05) is 48.0 Å². The van der Waals surface area contributed by atoms with E-state index in [0.29, 0.717) is 11.6 Å². The lowest BCUT2D eigenvalue weighted by Crippen LogP contribution is -2.30. The van der Waals surface area contributed by atoms with E-state index in [2.05, 4.69) is 12.1 Å². The Morgan fingerprint density at radius 3 is 2.56 bits per heavy atom. The van der Waals surface area contributed by atoms with Crippen molar-refractivity contribution in [1.29, 1.82) is 0 Å². The zero-order valence-corrected chi connectivity index (χ0v) is 10.8. The van der Waals surface area contributed by atoms with Crippen LogP contribution in [-0.2, 0) is 6.42 Å². The van der Waals surface area contributed by atoms with E-state index >= 15 is 0 Å². The Kier molecular flexibility index (Phi) is 4.62. The largest absolute Gasteiger partial charge is 0.492 e. The van der Waals surface area contributed by atoms with Crippen LogP contribution in [0.15, 0.2) is 54.6 Å². The Morgan fingerprint density at radius 1 is 1.06 bits per heavy atom. The third-order valence-corrected chi connectivity index (χ3v) is 2.84. The molecule has 0 radical (unpaired) electrons. The maximum atomic E-state index is 6.03. The van der Waals surface area contributed by atoms with E-state index in [1.165, 1.54) is 5.56 Å². The molecule has 0 heterocycles. The molecule has 2 rings (SSSR count). The molecule has 0 bridgehead atoms. The molecule has 0 aliphatic heterocycles. The number of ether oxygens (including phenoxy) is 1. The van der Waals surface area contributed by atoms with Crippen molar-refractivity contribution in [2.45, 2.75) is 12.5 Å². The van der Waals surface area contributed by atoms with Crippen LogP contribution in [0.3, 0.4) is 0 Å². The normalized spacial score (nSPS) is 12.1. The van der Waals surface area contributed by atoms with E-state index in [0.717, 1.165) is 12.2 Å². The van der Waals surface area contributed by atoms with E-state index in [1.54, 1.807) is 6.07 Å². The lowest BCUT2D eigenvalue weighted by atomic mass is 10.1. The zero-order chi connectivity index (χ0) is 12.8. The predicted molar refractivity (Wildman–Crippen MR) is 75.1 cm³/mol. The second kappa shape index (κ2) is 6.43. The second-order valence-electron chi connectivity index (χ2n) is 4.22. The molecule has 0 aliphatic carbocycles. The third kappa shape index (κ3) is 4.06. The molecule has 94 valence electrons. The van der Waals surface area contributed by atoms with Crippen LogP contribution in [0.4, 0.5) is 0 Å². The highest BCUT2D eigenvalue weighted by molar-refractivity contribution is 6.30. The molecular weight excluding hydrogens is 246 g/mol. The summed E-state index contributed by atoms with van der Waals surface area (Å²) in [7, 11) is 0. The minimum absolute atomic E-state index is 0.0219. The average molecular weight is 262 g/mol. The first kappa shape index (κ1) is 12.9. The Labute approximate surface area is 112 Å². The number of halogens is 1. The van der Waals surface area contributed by atoms with Crippen LogP contribution in [0.2, 0.25) is 5.02 Å². The lowest BCUT2D eigenvalue weighted by Gasteiger charge is -2.13. The summed E-state index contributed by atoms with van der Waals surface area (Å²) in [5.74, 6) is 0.756. The van der Waals surface area contributed by atoms with Crippen molar-refractivity contribution in [2.75, 3.05) is 6.61 Å². The summed E-state index contributed by atoms with van der Waals surface area (Å²) in [5.41, 5.74) is 7.26. The molecule has 3 heteroatoms. The number of rotatable bonds is 5. The van der Waals surface area contributed by atoms with E-state index in [4.69, 9.17) is 22.1 Å². The summed E-state index contributed by atoms with van der Waals surface area (Å²) in [6.45, 7) is 0.481. The van der Waals surface area contributed by atoms with Gasteiger partial charge in [0, 0.05) is 11.1 Å². The third-order valence-electron chi connectivity index (χ3n) is 2.60. The van der Waals surface area contributed by atoms with Gasteiger partial charge in [-0.15, -0.1) is 0 Å². The predicted octanol–water partition coefficient (Wildman–Crippen LogP) is 3.29. The molecule has 2 nitrogen and oxygen atoms in total. The Hall–Kier alpha value is -1.51. The minimum atomic E-state index is -0.0219. The van der Waals surface area contributed by atoms with Crippen molar-refractivity contribution < 1.29 is 4.74 Å². The number of benzene rings is 2. The Morgan fingerprint density at radius 2 is 1.83 bits per heavy atom. The summed E-state index contributed by atoms with van der Waals surface area (Å²) in [6.07, 6.45) is 0.807. The summed E-state index contributed by atoms with van der Waals surface area (Å²) in [5, 5.41) is 0.670. The van der Waals surface area contributed by atoms with Crippen LogP contribution in [0.25, 0.3) is 0 Å². The van der Waals surface area contributed by atoms with E-state index in [1.807, 2.05) is 36.4 Å². The summed E-state index contributed by atoms with van der Waals surface area (Å²) < 4.78 is 5.61. The quantitative estimate of drug-likeness (QED) is 0.896. The van der Waals surface area contributed by atoms with Crippen LogP contribution >= 0.6 is 11.6 Å². The average Bonchev–Trinajstić information content (AvgIpc) is 2.38. The molecule has 18 heavy (non-hydrogen) atoms. The van der Waals surface area contributed by atoms with Gasteiger partial charge in [0.2, 0.25) is 0 Å². The van der Waals surface area contributed by atoms with E-state index in [9.17, 15) is 0 Å². The SMILES string of the molecule is NC(COc1cccc(Cl)c1)Cc1ccccc1. The fourth-order valence-electron chi connectivity index (χ4n) is 1.74. The zero-order valence-electron chi connectivity index (χ0n) is 10.1. The fraction of sp³-hybridized carbons (Fsp3) is 0.200. The van der Waals surface area contributed by atoms with Gasteiger partial charge in [0.25, 0.3) is 0 Å². The topological polar surface area (TPSA) is 35.2 Å². The van der Waals surface area contributed by atoms with Crippen molar-refractivity contribution in [2.24, 2.45) is 5.73 Å². The molecule has 0 aliphatic rings. The molecule has 2 N–H and O–H groups in total. The van der Waals surface area contributed by atoms with Crippen LogP contribution in [-0.4, -0.2) is 12.6 Å². The Balaban J connectivity index is 1.83. The van der Waals surface area contributed by atoms with Gasteiger partial charge in [0.15, 0.2) is 0 Å². The smallest absolute Gasteiger partial charge is 0.120 e. The minimum Gasteiger partial charge on any atom is -0.492 e. The summed E-state index contributed by atoms with van der Waals surface area (Å²) in [4.78, 5) is 0. The van der Waals surface area contributed by atoms with Gasteiger partial charge in [-0.2, -0.15) is 0 Å². The van der Waals surface area contributed by atoms with Crippen LogP contribution < -0.4 is 10.5 Å². The van der Waals surface area contributed by atoms with Crippen molar-refractivity contribution in [3.8, 4) is 5.75 Å². The molecule has 2 aromatic rings. The lowest BCUT2D eigenvalue weighted by molar-refractivity contribution is 0.287. The number of hydrogen-bond donors (Lipinski definition) is 1. The van der Waals surface area contributed by atoms with Gasteiger partial charge in [0.1, 0.15) is 12.4 Å². The Bertz CT molecular complexity index is 487. The fourth-order valence-corrected chi connectivity index (χ4v) is 1.92. The van der Waals surface area contributed by atoms with Gasteiger partial charge >= 0.3 is 0 Å². The second-order valence-corrected chi connectivity index (χ2v) is 4.65. The van der Waals surface area contributed by atoms with E-state index < -0.39 is 0 Å². The molecule has 2 aromatic carbocycles. The van der Waals surface area contributed by atoms with Crippen LogP contribution in [0.1, 0.15) is 5.56 Å². The standard InChI is InChI=1S/C15H16ClNO/c16-13-7-4-8-15(10-13)18-11-14(17)9-12-5-2-1-3-6-12/h1-8,10,14H,9,11,17H2. The van der Waals surface area contributed by atoms with Crippen molar-refractivity contribution >= 4 is 11.6 Å². The summed E-state index contributed by atoms with van der Waals surface area (Å²) >= 11 is 5.88. The first-order chi connectivity index (χ1) is 8.74. The molecule has 1 atom stereocenters. The van der Waals surface area contributed by atoms with Crippen LogP contribution in [0, 0.1) is 0 Å². The maximum Gasteiger partial charge on any atom is 0.120 e. The molecule has 0 saturated heterocycles. The van der Waals surface area contributed by atoms with Crippen LogP contribution in [0.5, 0.6) is 5.75 Å². The van der Waals surface area contributed by atoms with Gasteiger partial charge in [-0.05, 0) is 30.2 Å². The highest BCUT2D eigenvalue weighted by Crippen LogP contribution is 2.17. The molecule has 0 fully saturated rings. The van der Waals surface area contributed by atoms with Gasteiger partial charge < -0.3 is 10.5 Å². The number of nitrogens with two attached hydrogens (primary N) is 1. The highest BCUT2D eigenvalue weighted by atomic mass is 35.5. The van der Waals surface area contributed by atoms with E-state index in [-0.39, 0.29) is 6.04 Å². The maximum absolute atomic E-state index is 6.03. The molecule has 0 amide bonds. The monoisotopic (exact) mass is 261 g/mol. The van der Waals surface area contributed by atoms with Crippen molar-refractivity contribution in [3.05, 3.63) is 65.2 Å². The number of hydrogen-bond acceptors (Lipinski definition) is 2. The van der Waals surface area contributed by atoms with Gasteiger partial charge in [-0.3, -0.25) is 0 Å². The molecule has 1 unspecified atom stereocenters. The summed E-state index contributed by atoms with van der Waals surface area (Å²) in [6, 6.07) is 17.5. The van der Waals surface area contributed by atoms with Crippen molar-refractivity contribution in [1.82, 2.24) is 0 Å². The van der Waals surface area contributed by atoms with Crippen molar-refractivity contribution in [3.63, 3.8) is 0 Å². The van der Waals surface area contributed by atoms with Gasteiger partial charge in [-0.25, -0.2) is 0 Å².